The lowest BCUT2D eigenvalue weighted by atomic mass is 10.1. The maximum atomic E-state index is 2.45. The number of hydrogen-bond donors (Lipinski definition) is 0. The van der Waals surface area contributed by atoms with Crippen LogP contribution in [0.25, 0.3) is 10.8 Å². The van der Waals surface area contributed by atoms with E-state index < -0.39 is 0 Å². The highest BCUT2D eigenvalue weighted by Gasteiger charge is 2.20. The fourth-order valence-corrected chi connectivity index (χ4v) is 3.29. The fourth-order valence-electron chi connectivity index (χ4n) is 2.14. The molecule has 0 atom stereocenters. The molecule has 1 aliphatic rings. The van der Waals surface area contributed by atoms with Crippen molar-refractivity contribution in [2.45, 2.75) is 11.8 Å². The van der Waals surface area contributed by atoms with Crippen molar-refractivity contribution < 1.29 is 0 Å². The Bertz CT molecular complexity index is 507. The zero-order valence-corrected chi connectivity index (χ0v) is 9.55. The number of thioether (sulfide) groups is 1. The van der Waals surface area contributed by atoms with Gasteiger partial charge in [0.25, 0.3) is 0 Å². The molecule has 0 aliphatic carbocycles. The zero-order valence-electron chi connectivity index (χ0n) is 8.73. The Morgan fingerprint density at radius 3 is 2.93 bits per heavy atom. The van der Waals surface area contributed by atoms with Gasteiger partial charge in [0, 0.05) is 16.8 Å². The van der Waals surface area contributed by atoms with Gasteiger partial charge < -0.3 is 4.90 Å². The molecule has 0 bridgehead atoms. The van der Waals surface area contributed by atoms with Crippen molar-refractivity contribution in [1.29, 1.82) is 0 Å². The predicted octanol–water partition coefficient (Wildman–Crippen LogP) is 3.73. The zero-order chi connectivity index (χ0) is 10.3. The van der Waals surface area contributed by atoms with Gasteiger partial charge in [0.2, 0.25) is 0 Å². The normalized spacial score (nSPS) is 14.6. The molecule has 76 valence electrons. The van der Waals surface area contributed by atoms with Crippen LogP contribution in [0.5, 0.6) is 0 Å². The van der Waals surface area contributed by atoms with Gasteiger partial charge >= 0.3 is 0 Å². The maximum absolute atomic E-state index is 2.45. The van der Waals surface area contributed by atoms with E-state index in [0.717, 1.165) is 12.4 Å². The van der Waals surface area contributed by atoms with Gasteiger partial charge in [-0.05, 0) is 18.4 Å². The van der Waals surface area contributed by atoms with Crippen molar-refractivity contribution in [2.24, 2.45) is 0 Å². The molecule has 0 saturated carbocycles. The van der Waals surface area contributed by atoms with E-state index in [9.17, 15) is 0 Å². The van der Waals surface area contributed by atoms with Crippen LogP contribution in [0.4, 0.5) is 5.69 Å². The van der Waals surface area contributed by atoms with Crippen molar-refractivity contribution in [3.8, 4) is 0 Å². The molecule has 0 saturated heterocycles. The minimum atomic E-state index is 1.09. The van der Waals surface area contributed by atoms with Crippen molar-refractivity contribution in [3.63, 3.8) is 0 Å². The largest absolute Gasteiger partial charge is 0.361 e. The smallest absolute Gasteiger partial charge is 0.0687 e. The van der Waals surface area contributed by atoms with E-state index in [4.69, 9.17) is 0 Å². The summed E-state index contributed by atoms with van der Waals surface area (Å²) in [6.45, 7) is 3.31. The van der Waals surface area contributed by atoms with Crippen LogP contribution in [-0.2, 0) is 0 Å². The second kappa shape index (κ2) is 3.46. The van der Waals surface area contributed by atoms with Gasteiger partial charge in [0.05, 0.1) is 11.6 Å². The van der Waals surface area contributed by atoms with Crippen LogP contribution in [0.2, 0.25) is 0 Å². The van der Waals surface area contributed by atoms with Crippen LogP contribution in [0.1, 0.15) is 6.92 Å². The molecule has 1 aliphatic heterocycles. The molecule has 2 aromatic carbocycles. The summed E-state index contributed by atoms with van der Waals surface area (Å²) in [5.41, 5.74) is 1.43. The third kappa shape index (κ3) is 1.32. The van der Waals surface area contributed by atoms with Crippen molar-refractivity contribution >= 4 is 28.2 Å². The van der Waals surface area contributed by atoms with E-state index in [-0.39, 0.29) is 0 Å². The van der Waals surface area contributed by atoms with Crippen molar-refractivity contribution in [2.75, 3.05) is 17.3 Å². The number of nitrogens with zero attached hydrogens (tertiary/aromatic N) is 1. The highest BCUT2D eigenvalue weighted by molar-refractivity contribution is 7.99. The Labute approximate surface area is 94.1 Å². The summed E-state index contributed by atoms with van der Waals surface area (Å²) >= 11 is 1.94. The van der Waals surface area contributed by atoms with E-state index in [1.807, 2.05) is 11.8 Å². The first kappa shape index (κ1) is 9.10. The second-order valence-electron chi connectivity index (χ2n) is 3.76. The van der Waals surface area contributed by atoms with E-state index in [2.05, 4.69) is 48.2 Å². The van der Waals surface area contributed by atoms with E-state index in [1.54, 1.807) is 0 Å². The first-order chi connectivity index (χ1) is 7.40. The standard InChI is InChI=1S/C13H13NS/c1-2-14-9-15-12-8-7-10-5-3-4-6-11(10)13(12)14/h3-8H,2,9H2,1H3. The lowest BCUT2D eigenvalue weighted by molar-refractivity contribution is 0.957. The topological polar surface area (TPSA) is 3.24 Å². The fraction of sp³-hybridized carbons (Fsp3) is 0.231. The van der Waals surface area contributed by atoms with Gasteiger partial charge in [-0.3, -0.25) is 0 Å². The Morgan fingerprint density at radius 1 is 1.20 bits per heavy atom. The Kier molecular flexibility index (Phi) is 2.10. The highest BCUT2D eigenvalue weighted by Crippen LogP contribution is 2.42. The summed E-state index contributed by atoms with van der Waals surface area (Å²) < 4.78 is 0. The van der Waals surface area contributed by atoms with Gasteiger partial charge in [-0.2, -0.15) is 0 Å². The minimum Gasteiger partial charge on any atom is -0.361 e. The number of fused-ring (bicyclic) bond motifs is 3. The highest BCUT2D eigenvalue weighted by atomic mass is 32.2. The number of anilines is 1. The molecular weight excluding hydrogens is 202 g/mol. The SMILES string of the molecule is CCN1CSc2ccc3ccccc3c21. The first-order valence-electron chi connectivity index (χ1n) is 5.29. The van der Waals surface area contributed by atoms with Crippen LogP contribution < -0.4 is 4.90 Å². The van der Waals surface area contributed by atoms with Crippen LogP contribution >= 0.6 is 11.8 Å². The number of benzene rings is 2. The summed E-state index contributed by atoms with van der Waals surface area (Å²) in [7, 11) is 0. The van der Waals surface area contributed by atoms with Crippen LogP contribution in [0.3, 0.4) is 0 Å². The van der Waals surface area contributed by atoms with E-state index in [1.165, 1.54) is 21.4 Å². The lowest BCUT2D eigenvalue weighted by Crippen LogP contribution is -2.17. The quantitative estimate of drug-likeness (QED) is 0.713. The van der Waals surface area contributed by atoms with Gasteiger partial charge in [-0.1, -0.05) is 30.3 Å². The molecule has 0 spiro atoms. The first-order valence-corrected chi connectivity index (χ1v) is 6.28. The minimum absolute atomic E-state index is 1.09. The molecule has 0 aromatic heterocycles. The summed E-state index contributed by atoms with van der Waals surface area (Å²) in [6, 6.07) is 13.1. The summed E-state index contributed by atoms with van der Waals surface area (Å²) in [4.78, 5) is 3.87. The molecule has 2 heteroatoms. The molecule has 0 N–H and O–H groups in total. The van der Waals surface area contributed by atoms with Gasteiger partial charge in [0.1, 0.15) is 0 Å². The number of hydrogen-bond acceptors (Lipinski definition) is 2. The summed E-state index contributed by atoms with van der Waals surface area (Å²) in [5, 5.41) is 2.74. The van der Waals surface area contributed by atoms with Crippen LogP contribution in [0, 0.1) is 0 Å². The average Bonchev–Trinajstić information content (AvgIpc) is 2.72. The monoisotopic (exact) mass is 215 g/mol. The van der Waals surface area contributed by atoms with Gasteiger partial charge in [-0.25, -0.2) is 0 Å². The molecule has 0 fully saturated rings. The molecular formula is C13H13NS. The van der Waals surface area contributed by atoms with Gasteiger partial charge in [-0.15, -0.1) is 11.8 Å². The Balaban J connectivity index is 2.32. The third-order valence-corrected chi connectivity index (χ3v) is 4.02. The molecule has 0 unspecified atom stereocenters. The summed E-state index contributed by atoms with van der Waals surface area (Å²) in [6.07, 6.45) is 0. The summed E-state index contributed by atoms with van der Waals surface area (Å²) in [5.74, 6) is 1.10. The third-order valence-electron chi connectivity index (χ3n) is 2.94. The van der Waals surface area contributed by atoms with E-state index >= 15 is 0 Å². The second-order valence-corrected chi connectivity index (χ2v) is 4.75. The molecule has 2 aromatic rings. The molecule has 0 amide bonds. The average molecular weight is 215 g/mol. The van der Waals surface area contributed by atoms with E-state index in [0.29, 0.717) is 0 Å². The number of rotatable bonds is 1. The Hall–Kier alpha value is -1.15. The van der Waals surface area contributed by atoms with Crippen molar-refractivity contribution in [1.82, 2.24) is 0 Å². The molecule has 3 rings (SSSR count). The van der Waals surface area contributed by atoms with Crippen LogP contribution in [-0.4, -0.2) is 12.4 Å². The molecule has 1 heterocycles. The maximum Gasteiger partial charge on any atom is 0.0687 e. The lowest BCUT2D eigenvalue weighted by Gasteiger charge is -2.17. The van der Waals surface area contributed by atoms with Crippen molar-refractivity contribution in [3.05, 3.63) is 36.4 Å². The van der Waals surface area contributed by atoms with Gasteiger partial charge in [0.15, 0.2) is 0 Å². The molecule has 15 heavy (non-hydrogen) atoms. The van der Waals surface area contributed by atoms with Crippen LogP contribution in [0.15, 0.2) is 41.3 Å². The predicted molar refractivity (Wildman–Crippen MR) is 67.7 cm³/mol. The molecule has 1 nitrogen and oxygen atoms in total. The molecule has 0 radical (unpaired) electrons. The Morgan fingerprint density at radius 2 is 2.07 bits per heavy atom.